The Hall–Kier alpha value is -2.41. The fraction of sp³-hybridized carbons (Fsp3) is 0.500. The highest BCUT2D eigenvalue weighted by molar-refractivity contribution is 5.93. The van der Waals surface area contributed by atoms with Crippen molar-refractivity contribution in [2.45, 2.75) is 26.2 Å². The normalized spacial score (nSPS) is 20.6. The van der Waals surface area contributed by atoms with Crippen LogP contribution in [-0.4, -0.2) is 53.0 Å². The van der Waals surface area contributed by atoms with Gasteiger partial charge in [-0.3, -0.25) is 4.79 Å². The summed E-state index contributed by atoms with van der Waals surface area (Å²) in [6.45, 7) is 5.65. The number of H-pyrrole nitrogens is 1. The average molecular weight is 343 g/mol. The summed E-state index contributed by atoms with van der Waals surface area (Å²) < 4.78 is 5.05. The molecule has 1 aliphatic rings. The molecule has 2 N–H and O–H groups in total. The van der Waals surface area contributed by atoms with E-state index in [1.165, 1.54) is 0 Å². The molecule has 25 heavy (non-hydrogen) atoms. The van der Waals surface area contributed by atoms with Crippen LogP contribution < -0.4 is 10.1 Å². The molecule has 2 aromatic heterocycles. The van der Waals surface area contributed by atoms with E-state index in [2.05, 4.69) is 27.1 Å². The largest absolute Gasteiger partial charge is 0.481 e. The molecule has 7 heteroatoms. The number of methoxy groups -OCH3 is 1. The minimum Gasteiger partial charge on any atom is -0.481 e. The highest BCUT2D eigenvalue weighted by Gasteiger charge is 2.39. The Morgan fingerprint density at radius 3 is 2.84 bits per heavy atom. The molecular weight excluding hydrogens is 318 g/mol. The smallest absolute Gasteiger partial charge is 0.229 e. The third-order valence-electron chi connectivity index (χ3n) is 4.71. The Balaban J connectivity index is 1.78. The second kappa shape index (κ2) is 7.23. The fourth-order valence-electron chi connectivity index (χ4n) is 3.42. The zero-order chi connectivity index (χ0) is 18.0. The summed E-state index contributed by atoms with van der Waals surface area (Å²) >= 11 is 0. The van der Waals surface area contributed by atoms with E-state index in [9.17, 15) is 4.79 Å². The molecule has 0 unspecified atom stereocenters. The molecule has 0 bridgehead atoms. The lowest BCUT2D eigenvalue weighted by Crippen LogP contribution is -2.28. The van der Waals surface area contributed by atoms with E-state index in [4.69, 9.17) is 9.72 Å². The quantitative estimate of drug-likeness (QED) is 0.867. The van der Waals surface area contributed by atoms with Crippen LogP contribution in [-0.2, 0) is 11.2 Å². The molecule has 1 aliphatic heterocycles. The summed E-state index contributed by atoms with van der Waals surface area (Å²) in [5.41, 5.74) is 2.74. The number of pyridine rings is 1. The first-order chi connectivity index (χ1) is 12.0. The van der Waals surface area contributed by atoms with Crippen LogP contribution in [0.5, 0.6) is 5.88 Å². The number of imidazole rings is 1. The summed E-state index contributed by atoms with van der Waals surface area (Å²) in [6.07, 6.45) is 2.47. The minimum atomic E-state index is -0.140. The van der Waals surface area contributed by atoms with Crippen LogP contribution in [0.4, 0.5) is 5.69 Å². The monoisotopic (exact) mass is 343 g/mol. The predicted octanol–water partition coefficient (Wildman–Crippen LogP) is 1.97. The lowest BCUT2D eigenvalue weighted by Gasteiger charge is -2.17. The number of hydrogen-bond donors (Lipinski definition) is 2. The highest BCUT2D eigenvalue weighted by atomic mass is 16.5. The van der Waals surface area contributed by atoms with Crippen LogP contribution in [0.1, 0.15) is 30.1 Å². The molecular formula is C18H25N5O2. The molecule has 1 fully saturated rings. The van der Waals surface area contributed by atoms with E-state index < -0.39 is 0 Å². The fourth-order valence-corrected chi connectivity index (χ4v) is 3.42. The second-order valence-electron chi connectivity index (χ2n) is 6.56. The van der Waals surface area contributed by atoms with Gasteiger partial charge >= 0.3 is 0 Å². The maximum atomic E-state index is 12.9. The van der Waals surface area contributed by atoms with E-state index in [0.717, 1.165) is 30.2 Å². The van der Waals surface area contributed by atoms with Crippen molar-refractivity contribution in [3.8, 4) is 5.88 Å². The number of aromatic nitrogens is 3. The number of ether oxygens (including phenoxy) is 1. The number of hydrogen-bond acceptors (Lipinski definition) is 5. The Kier molecular flexibility index (Phi) is 5.03. The van der Waals surface area contributed by atoms with Crippen LogP contribution in [0.2, 0.25) is 0 Å². The molecule has 7 nitrogen and oxygen atoms in total. The van der Waals surface area contributed by atoms with Crippen molar-refractivity contribution in [2.24, 2.45) is 5.92 Å². The number of carbonyl (C=O) groups excluding carboxylic acids is 1. The van der Waals surface area contributed by atoms with Crippen LogP contribution in [0.3, 0.4) is 0 Å². The van der Waals surface area contributed by atoms with Gasteiger partial charge in [-0.1, -0.05) is 6.92 Å². The van der Waals surface area contributed by atoms with E-state index in [0.29, 0.717) is 18.1 Å². The van der Waals surface area contributed by atoms with Crippen LogP contribution in [0, 0.1) is 12.8 Å². The van der Waals surface area contributed by atoms with Crippen LogP contribution >= 0.6 is 0 Å². The topological polar surface area (TPSA) is 83.1 Å². The molecule has 0 aromatic carbocycles. The third kappa shape index (κ3) is 3.66. The van der Waals surface area contributed by atoms with Gasteiger partial charge in [0.25, 0.3) is 0 Å². The van der Waals surface area contributed by atoms with Crippen molar-refractivity contribution in [3.63, 3.8) is 0 Å². The molecule has 3 heterocycles. The number of nitrogens with one attached hydrogen (secondary N) is 2. The number of amides is 1. The number of nitrogens with zero attached hydrogens (tertiary/aromatic N) is 3. The molecule has 2 aromatic rings. The van der Waals surface area contributed by atoms with Crippen molar-refractivity contribution >= 4 is 11.6 Å². The van der Waals surface area contributed by atoms with Gasteiger partial charge in [-0.25, -0.2) is 9.97 Å². The lowest BCUT2D eigenvalue weighted by atomic mass is 9.91. The van der Waals surface area contributed by atoms with E-state index in [1.54, 1.807) is 25.4 Å². The van der Waals surface area contributed by atoms with Crippen molar-refractivity contribution in [1.82, 2.24) is 19.9 Å². The van der Waals surface area contributed by atoms with Crippen molar-refractivity contribution < 1.29 is 9.53 Å². The van der Waals surface area contributed by atoms with Crippen molar-refractivity contribution in [3.05, 3.63) is 35.5 Å². The molecule has 3 rings (SSSR count). The molecule has 1 saturated heterocycles. The van der Waals surface area contributed by atoms with Gasteiger partial charge in [-0.2, -0.15) is 0 Å². The standard InChI is InChI=1S/C18H25N5O2/c1-5-15-20-11(2)17(22-15)13-9-23(3)10-14(13)18(24)21-12-6-7-16(25-4)19-8-12/h6-8,13-14H,5,9-10H2,1-4H3,(H,20,22)(H,21,24)/t13-,14-/m1/s1. The maximum Gasteiger partial charge on any atom is 0.229 e. The molecule has 0 spiro atoms. The van der Waals surface area contributed by atoms with Gasteiger partial charge in [-0.15, -0.1) is 0 Å². The van der Waals surface area contributed by atoms with E-state index in [-0.39, 0.29) is 17.7 Å². The summed E-state index contributed by atoms with van der Waals surface area (Å²) in [4.78, 5) is 27.2. The zero-order valence-electron chi connectivity index (χ0n) is 15.2. The number of likely N-dealkylation sites (N-methyl/N-ethyl adjacent to an activating group) is 1. The predicted molar refractivity (Wildman–Crippen MR) is 95.8 cm³/mol. The zero-order valence-corrected chi connectivity index (χ0v) is 15.2. The van der Waals surface area contributed by atoms with Crippen molar-refractivity contribution in [2.75, 3.05) is 32.6 Å². The van der Waals surface area contributed by atoms with Crippen LogP contribution in [0.25, 0.3) is 0 Å². The molecule has 0 radical (unpaired) electrons. The highest BCUT2D eigenvalue weighted by Crippen LogP contribution is 2.33. The number of rotatable bonds is 5. The molecule has 2 atom stereocenters. The summed E-state index contributed by atoms with van der Waals surface area (Å²) in [5, 5.41) is 2.97. The van der Waals surface area contributed by atoms with Crippen LogP contribution in [0.15, 0.2) is 18.3 Å². The maximum absolute atomic E-state index is 12.9. The average Bonchev–Trinajstić information content (AvgIpc) is 3.17. The molecule has 0 aliphatic carbocycles. The first-order valence-corrected chi connectivity index (χ1v) is 8.56. The first-order valence-electron chi connectivity index (χ1n) is 8.56. The van der Waals surface area contributed by atoms with Crippen molar-refractivity contribution in [1.29, 1.82) is 0 Å². The molecule has 0 saturated carbocycles. The van der Waals surface area contributed by atoms with Gasteiger partial charge in [0.1, 0.15) is 5.82 Å². The summed E-state index contributed by atoms with van der Waals surface area (Å²) in [5.74, 6) is 1.45. The number of carbonyl (C=O) groups is 1. The lowest BCUT2D eigenvalue weighted by molar-refractivity contribution is -0.119. The molecule has 134 valence electrons. The Morgan fingerprint density at radius 2 is 2.24 bits per heavy atom. The Morgan fingerprint density at radius 1 is 1.44 bits per heavy atom. The SMILES string of the molecule is CCc1nc([C@@H]2CN(C)C[C@H]2C(=O)Nc2ccc(OC)nc2)c(C)[nH]1. The number of aromatic amines is 1. The van der Waals surface area contributed by atoms with Gasteiger partial charge in [0.05, 0.1) is 30.6 Å². The number of likely N-dealkylation sites (tertiary alicyclic amines) is 1. The van der Waals surface area contributed by atoms with Gasteiger partial charge in [0.2, 0.25) is 11.8 Å². The summed E-state index contributed by atoms with van der Waals surface area (Å²) in [6, 6.07) is 3.53. The number of anilines is 1. The van der Waals surface area contributed by atoms with Gasteiger partial charge < -0.3 is 19.9 Å². The Labute approximate surface area is 147 Å². The molecule has 1 amide bonds. The van der Waals surface area contributed by atoms with E-state index in [1.807, 2.05) is 14.0 Å². The Bertz CT molecular complexity index is 740. The second-order valence-corrected chi connectivity index (χ2v) is 6.56. The minimum absolute atomic E-state index is 0.00163. The third-order valence-corrected chi connectivity index (χ3v) is 4.71. The van der Waals surface area contributed by atoms with Gasteiger partial charge in [0.15, 0.2) is 0 Å². The van der Waals surface area contributed by atoms with Gasteiger partial charge in [-0.05, 0) is 20.0 Å². The summed E-state index contributed by atoms with van der Waals surface area (Å²) in [7, 11) is 3.61. The first kappa shape index (κ1) is 17.4. The number of aryl methyl sites for hydroxylation is 2. The van der Waals surface area contributed by atoms with Gasteiger partial charge in [0, 0.05) is 37.2 Å². The van der Waals surface area contributed by atoms with E-state index >= 15 is 0 Å².